The first kappa shape index (κ1) is 13.7. The predicted molar refractivity (Wildman–Crippen MR) is 58.7 cm³/mol. The maximum Gasteiger partial charge on any atom is 0.471 e. The molecule has 1 aliphatic carbocycles. The number of hydrogen-bond donors (Lipinski definition) is 1. The molecule has 1 amide bonds. The van der Waals surface area contributed by atoms with E-state index < -0.39 is 35.2 Å². The van der Waals surface area contributed by atoms with Gasteiger partial charge >= 0.3 is 18.1 Å². The summed E-state index contributed by atoms with van der Waals surface area (Å²) in [5.74, 6) is -3.16. The van der Waals surface area contributed by atoms with E-state index >= 15 is 0 Å². The van der Waals surface area contributed by atoms with Crippen molar-refractivity contribution < 1.29 is 32.6 Å². The summed E-state index contributed by atoms with van der Waals surface area (Å²) in [6.45, 7) is 1.63. The van der Waals surface area contributed by atoms with Crippen molar-refractivity contribution in [2.45, 2.75) is 37.6 Å². The highest BCUT2D eigenvalue weighted by atomic mass is 19.4. The molecule has 20 heavy (non-hydrogen) atoms. The second-order valence-electron chi connectivity index (χ2n) is 6.27. The molecule has 0 aromatic carbocycles. The molecule has 2 bridgehead atoms. The highest BCUT2D eigenvalue weighted by molar-refractivity contribution is 5.83. The van der Waals surface area contributed by atoms with Crippen LogP contribution in [0.25, 0.3) is 0 Å². The lowest BCUT2D eigenvalue weighted by molar-refractivity contribution is -0.195. The van der Waals surface area contributed by atoms with Gasteiger partial charge in [-0.05, 0) is 19.8 Å². The Balaban J connectivity index is 1.66. The van der Waals surface area contributed by atoms with Gasteiger partial charge in [0.2, 0.25) is 0 Å². The van der Waals surface area contributed by atoms with E-state index in [0.717, 1.165) is 0 Å². The fourth-order valence-electron chi connectivity index (χ4n) is 3.86. The predicted octanol–water partition coefficient (Wildman–Crippen LogP) is 1.03. The zero-order valence-corrected chi connectivity index (χ0v) is 10.7. The molecule has 1 saturated carbocycles. The number of carboxylic acids is 1. The fourth-order valence-corrected chi connectivity index (χ4v) is 3.86. The van der Waals surface area contributed by atoms with Gasteiger partial charge in [0.15, 0.2) is 0 Å². The van der Waals surface area contributed by atoms with Crippen LogP contribution in [0.3, 0.4) is 0 Å². The third-order valence-electron chi connectivity index (χ3n) is 4.63. The number of aliphatic carboxylic acids is 1. The Morgan fingerprint density at radius 3 is 2.30 bits per heavy atom. The van der Waals surface area contributed by atoms with E-state index in [1.54, 1.807) is 0 Å². The van der Waals surface area contributed by atoms with Crippen LogP contribution >= 0.6 is 0 Å². The number of halogens is 3. The average Bonchev–Trinajstić information content (AvgIpc) is 2.63. The van der Waals surface area contributed by atoms with Crippen LogP contribution in [0.2, 0.25) is 0 Å². The molecular weight excluding hydrogens is 279 g/mol. The Labute approximate surface area is 112 Å². The second-order valence-corrected chi connectivity index (χ2v) is 6.27. The molecule has 1 unspecified atom stereocenters. The van der Waals surface area contributed by atoms with Gasteiger partial charge in [-0.3, -0.25) is 9.59 Å². The molecule has 0 spiro atoms. The number of nitrogens with zero attached hydrogens (tertiary/aromatic N) is 1. The molecule has 1 atom stereocenters. The first-order valence-corrected chi connectivity index (χ1v) is 6.35. The monoisotopic (exact) mass is 293 g/mol. The molecule has 0 aromatic rings. The van der Waals surface area contributed by atoms with E-state index in [4.69, 9.17) is 4.74 Å². The van der Waals surface area contributed by atoms with Gasteiger partial charge in [-0.2, -0.15) is 13.2 Å². The summed E-state index contributed by atoms with van der Waals surface area (Å²) >= 11 is 0. The van der Waals surface area contributed by atoms with Crippen LogP contribution in [-0.2, 0) is 14.3 Å². The number of likely N-dealkylation sites (tertiary alicyclic amines) is 1. The zero-order valence-electron chi connectivity index (χ0n) is 10.7. The van der Waals surface area contributed by atoms with Crippen LogP contribution in [0.4, 0.5) is 13.2 Å². The first-order valence-electron chi connectivity index (χ1n) is 6.35. The van der Waals surface area contributed by atoms with Gasteiger partial charge in [0.05, 0.1) is 17.1 Å². The van der Waals surface area contributed by atoms with Crippen molar-refractivity contribution in [2.75, 3.05) is 13.1 Å². The Bertz CT molecular complexity index is 478. The van der Waals surface area contributed by atoms with Crippen molar-refractivity contribution in [1.29, 1.82) is 0 Å². The van der Waals surface area contributed by atoms with Gasteiger partial charge in [0, 0.05) is 19.0 Å². The molecule has 3 saturated heterocycles. The Morgan fingerprint density at radius 2 is 1.85 bits per heavy atom. The number of carbonyl (C=O) groups excluding carboxylic acids is 1. The topological polar surface area (TPSA) is 66.8 Å². The molecule has 4 rings (SSSR count). The van der Waals surface area contributed by atoms with Crippen LogP contribution in [0.15, 0.2) is 0 Å². The van der Waals surface area contributed by atoms with Gasteiger partial charge < -0.3 is 14.7 Å². The normalized spacial score (nSPS) is 40.2. The van der Waals surface area contributed by atoms with Gasteiger partial charge in [0.1, 0.15) is 0 Å². The fraction of sp³-hybridized carbons (Fsp3) is 0.833. The summed E-state index contributed by atoms with van der Waals surface area (Å²) in [5.41, 5.74) is -1.45. The number of carboxylic acid groups (broad SMARTS) is 1. The number of rotatable bonds is 2. The largest absolute Gasteiger partial charge is 0.481 e. The summed E-state index contributed by atoms with van der Waals surface area (Å²) in [6.07, 6.45) is -4.68. The number of carbonyl (C=O) groups is 2. The summed E-state index contributed by atoms with van der Waals surface area (Å²) in [6, 6.07) is 0. The molecule has 5 nitrogen and oxygen atoms in total. The minimum absolute atomic E-state index is 0.0892. The SMILES string of the molecule is CC12CC(C(=O)O)(C1)C(C1CN(C(=O)C(F)(F)F)C1)O2. The summed E-state index contributed by atoms with van der Waals surface area (Å²) in [4.78, 5) is 23.1. The molecule has 3 aliphatic heterocycles. The average molecular weight is 293 g/mol. The minimum atomic E-state index is -4.87. The van der Waals surface area contributed by atoms with Gasteiger partial charge in [-0.25, -0.2) is 0 Å². The van der Waals surface area contributed by atoms with Gasteiger partial charge in [-0.15, -0.1) is 0 Å². The molecule has 1 N–H and O–H groups in total. The van der Waals surface area contributed by atoms with E-state index in [1.165, 1.54) is 0 Å². The number of hydrogen-bond acceptors (Lipinski definition) is 3. The lowest BCUT2D eigenvalue weighted by atomic mass is 9.58. The van der Waals surface area contributed by atoms with Gasteiger partial charge in [0.25, 0.3) is 0 Å². The number of amides is 1. The quantitative estimate of drug-likeness (QED) is 0.826. The second kappa shape index (κ2) is 3.66. The van der Waals surface area contributed by atoms with Crippen molar-refractivity contribution in [3.05, 3.63) is 0 Å². The number of ether oxygens (including phenoxy) is 1. The maximum absolute atomic E-state index is 12.3. The highest BCUT2D eigenvalue weighted by Gasteiger charge is 2.72. The van der Waals surface area contributed by atoms with Crippen molar-refractivity contribution in [2.24, 2.45) is 11.3 Å². The van der Waals surface area contributed by atoms with Crippen molar-refractivity contribution in [1.82, 2.24) is 4.90 Å². The molecule has 0 radical (unpaired) electrons. The van der Waals surface area contributed by atoms with E-state index in [1.807, 2.05) is 6.92 Å². The van der Waals surface area contributed by atoms with Crippen molar-refractivity contribution in [3.63, 3.8) is 0 Å². The highest BCUT2D eigenvalue weighted by Crippen LogP contribution is 2.63. The Morgan fingerprint density at radius 1 is 1.30 bits per heavy atom. The molecule has 8 heteroatoms. The van der Waals surface area contributed by atoms with Crippen LogP contribution in [0.5, 0.6) is 0 Å². The van der Waals surface area contributed by atoms with E-state index in [0.29, 0.717) is 17.7 Å². The van der Waals surface area contributed by atoms with Crippen LogP contribution in [0, 0.1) is 11.3 Å². The molecule has 3 heterocycles. The standard InChI is InChI=1S/C12H14F3NO4/c1-10-4-11(5-10,9(18)19)7(20-10)6-2-16(3-6)8(17)12(13,14)15/h6-7H,2-5H2,1H3,(H,18,19). The smallest absolute Gasteiger partial charge is 0.471 e. The number of alkyl halides is 3. The van der Waals surface area contributed by atoms with Gasteiger partial charge in [-0.1, -0.05) is 0 Å². The van der Waals surface area contributed by atoms with Crippen LogP contribution in [0.1, 0.15) is 19.8 Å². The Kier molecular flexibility index (Phi) is 2.50. The lowest BCUT2D eigenvalue weighted by Crippen LogP contribution is -2.61. The number of fused-ring (bicyclic) bond motifs is 1. The third kappa shape index (κ3) is 1.66. The summed E-state index contributed by atoms with van der Waals surface area (Å²) in [7, 11) is 0. The summed E-state index contributed by atoms with van der Waals surface area (Å²) < 4.78 is 42.5. The first-order chi connectivity index (χ1) is 9.07. The third-order valence-corrected chi connectivity index (χ3v) is 4.63. The maximum atomic E-state index is 12.3. The lowest BCUT2D eigenvalue weighted by Gasteiger charge is -2.46. The van der Waals surface area contributed by atoms with Crippen LogP contribution < -0.4 is 0 Å². The van der Waals surface area contributed by atoms with E-state index in [9.17, 15) is 27.9 Å². The summed E-state index contributed by atoms with van der Waals surface area (Å²) in [5, 5.41) is 9.33. The minimum Gasteiger partial charge on any atom is -0.481 e. The molecule has 4 fully saturated rings. The zero-order chi connectivity index (χ0) is 14.9. The molecular formula is C12H14F3NO4. The molecule has 0 aromatic heterocycles. The Hall–Kier alpha value is -1.31. The molecule has 112 valence electrons. The van der Waals surface area contributed by atoms with E-state index in [-0.39, 0.29) is 19.0 Å². The van der Waals surface area contributed by atoms with Crippen LogP contribution in [-0.4, -0.2) is 52.9 Å². The van der Waals surface area contributed by atoms with Crippen molar-refractivity contribution >= 4 is 11.9 Å². The van der Waals surface area contributed by atoms with E-state index in [2.05, 4.69) is 0 Å². The van der Waals surface area contributed by atoms with Crippen molar-refractivity contribution in [3.8, 4) is 0 Å². The molecule has 4 aliphatic rings.